The summed E-state index contributed by atoms with van der Waals surface area (Å²) < 4.78 is 40.7. The van der Waals surface area contributed by atoms with Gasteiger partial charge in [-0.05, 0) is 37.5 Å². The number of rotatable bonds is 6. The van der Waals surface area contributed by atoms with Crippen molar-refractivity contribution in [3.8, 4) is 6.07 Å². The van der Waals surface area contributed by atoms with E-state index in [1.807, 2.05) is 20.8 Å². The highest BCUT2D eigenvalue weighted by Crippen LogP contribution is 2.23. The lowest BCUT2D eigenvalue weighted by Crippen LogP contribution is -2.46. The lowest BCUT2D eigenvalue weighted by molar-refractivity contribution is 0.341. The molecule has 0 aromatic heterocycles. The molecule has 4 nitrogen and oxygen atoms in total. The molecule has 0 aliphatic rings. The molecule has 0 atom stereocenters. The van der Waals surface area contributed by atoms with Gasteiger partial charge in [0.05, 0.1) is 10.5 Å². The SMILES string of the molecule is CCC(CC)(CC)NS(=O)(=O)c1ccc(F)c(C#N)c1. The van der Waals surface area contributed by atoms with Crippen LogP contribution in [0.15, 0.2) is 23.1 Å². The third-order valence-electron chi connectivity index (χ3n) is 3.75. The van der Waals surface area contributed by atoms with Crippen molar-refractivity contribution >= 4 is 10.0 Å². The first-order chi connectivity index (χ1) is 9.34. The van der Waals surface area contributed by atoms with Crippen LogP contribution >= 0.6 is 0 Å². The Morgan fingerprint density at radius 3 is 2.25 bits per heavy atom. The van der Waals surface area contributed by atoms with Crippen LogP contribution in [0.4, 0.5) is 4.39 Å². The number of halogens is 1. The van der Waals surface area contributed by atoms with E-state index in [9.17, 15) is 12.8 Å². The van der Waals surface area contributed by atoms with Crippen LogP contribution in [0.1, 0.15) is 45.6 Å². The van der Waals surface area contributed by atoms with Gasteiger partial charge in [0.25, 0.3) is 0 Å². The van der Waals surface area contributed by atoms with Gasteiger partial charge in [0, 0.05) is 5.54 Å². The van der Waals surface area contributed by atoms with Crippen molar-refractivity contribution in [3.05, 3.63) is 29.6 Å². The van der Waals surface area contributed by atoms with E-state index in [0.29, 0.717) is 19.3 Å². The summed E-state index contributed by atoms with van der Waals surface area (Å²) in [7, 11) is -3.77. The molecular formula is C14H19FN2O2S. The van der Waals surface area contributed by atoms with Gasteiger partial charge in [-0.25, -0.2) is 17.5 Å². The molecule has 0 spiro atoms. The topological polar surface area (TPSA) is 70.0 Å². The number of hydrogen-bond acceptors (Lipinski definition) is 3. The summed E-state index contributed by atoms with van der Waals surface area (Å²) >= 11 is 0. The monoisotopic (exact) mass is 298 g/mol. The maximum Gasteiger partial charge on any atom is 0.241 e. The number of nitriles is 1. The van der Waals surface area contributed by atoms with E-state index < -0.39 is 21.4 Å². The van der Waals surface area contributed by atoms with Crippen LogP contribution in [0.2, 0.25) is 0 Å². The van der Waals surface area contributed by atoms with Crippen molar-refractivity contribution in [2.75, 3.05) is 0 Å². The highest BCUT2D eigenvalue weighted by atomic mass is 32.2. The van der Waals surface area contributed by atoms with Crippen LogP contribution in [0.25, 0.3) is 0 Å². The fourth-order valence-electron chi connectivity index (χ4n) is 2.07. The molecular weight excluding hydrogens is 279 g/mol. The minimum Gasteiger partial charge on any atom is -0.207 e. The third kappa shape index (κ3) is 3.35. The summed E-state index contributed by atoms with van der Waals surface area (Å²) in [4.78, 5) is -0.0878. The molecule has 1 aromatic rings. The van der Waals surface area contributed by atoms with Crippen molar-refractivity contribution in [1.29, 1.82) is 5.26 Å². The molecule has 0 fully saturated rings. The van der Waals surface area contributed by atoms with Crippen LogP contribution in [-0.4, -0.2) is 14.0 Å². The van der Waals surface area contributed by atoms with Gasteiger partial charge in [0.15, 0.2) is 0 Å². The number of nitrogens with zero attached hydrogens (tertiary/aromatic N) is 1. The van der Waals surface area contributed by atoms with Crippen LogP contribution in [0, 0.1) is 17.1 Å². The van der Waals surface area contributed by atoms with E-state index in [1.54, 1.807) is 6.07 Å². The van der Waals surface area contributed by atoms with Gasteiger partial charge in [0.1, 0.15) is 11.9 Å². The second-order valence-electron chi connectivity index (χ2n) is 4.70. The molecule has 0 radical (unpaired) electrons. The molecule has 110 valence electrons. The van der Waals surface area contributed by atoms with Crippen molar-refractivity contribution in [2.24, 2.45) is 0 Å². The molecule has 0 saturated heterocycles. The highest BCUT2D eigenvalue weighted by Gasteiger charge is 2.30. The first-order valence-corrected chi connectivity index (χ1v) is 8.06. The summed E-state index contributed by atoms with van der Waals surface area (Å²) in [6.07, 6.45) is 1.97. The lowest BCUT2D eigenvalue weighted by Gasteiger charge is -2.31. The smallest absolute Gasteiger partial charge is 0.207 e. The first kappa shape index (κ1) is 16.6. The first-order valence-electron chi connectivity index (χ1n) is 6.57. The van der Waals surface area contributed by atoms with E-state index in [-0.39, 0.29) is 10.5 Å². The Labute approximate surface area is 119 Å². The Kier molecular flexibility index (Phi) is 5.26. The summed E-state index contributed by atoms with van der Waals surface area (Å²) in [6, 6.07) is 4.87. The maximum atomic E-state index is 13.3. The molecule has 0 bridgehead atoms. The predicted octanol–water partition coefficient (Wildman–Crippen LogP) is 2.94. The summed E-state index contributed by atoms with van der Waals surface area (Å²) in [6.45, 7) is 5.75. The summed E-state index contributed by atoms with van der Waals surface area (Å²) in [5.41, 5.74) is -0.789. The van der Waals surface area contributed by atoms with Crippen LogP contribution in [0.5, 0.6) is 0 Å². The van der Waals surface area contributed by atoms with Gasteiger partial charge in [-0.2, -0.15) is 5.26 Å². The molecule has 6 heteroatoms. The fraction of sp³-hybridized carbons (Fsp3) is 0.500. The predicted molar refractivity (Wildman–Crippen MR) is 75.0 cm³/mol. The number of benzene rings is 1. The Morgan fingerprint density at radius 2 is 1.80 bits per heavy atom. The van der Waals surface area contributed by atoms with E-state index >= 15 is 0 Å². The van der Waals surface area contributed by atoms with E-state index in [4.69, 9.17) is 5.26 Å². The zero-order chi connectivity index (χ0) is 15.4. The maximum absolute atomic E-state index is 13.3. The molecule has 0 heterocycles. The highest BCUT2D eigenvalue weighted by molar-refractivity contribution is 7.89. The van der Waals surface area contributed by atoms with E-state index in [2.05, 4.69) is 4.72 Å². The quantitative estimate of drug-likeness (QED) is 0.877. The zero-order valence-electron chi connectivity index (χ0n) is 11.9. The van der Waals surface area contributed by atoms with Crippen molar-refractivity contribution in [1.82, 2.24) is 4.72 Å². The molecule has 20 heavy (non-hydrogen) atoms. The van der Waals surface area contributed by atoms with Gasteiger partial charge >= 0.3 is 0 Å². The van der Waals surface area contributed by atoms with Crippen LogP contribution in [-0.2, 0) is 10.0 Å². The third-order valence-corrected chi connectivity index (χ3v) is 5.33. The molecule has 1 rings (SSSR count). The summed E-state index contributed by atoms with van der Waals surface area (Å²) in [5, 5.41) is 8.77. The Balaban J connectivity index is 3.21. The standard InChI is InChI=1S/C14H19FN2O2S/c1-4-14(5-2,6-3)17-20(18,19)12-7-8-13(15)11(9-12)10-16/h7-9,17H,4-6H2,1-3H3. The molecule has 1 aromatic carbocycles. The van der Waals surface area contributed by atoms with Crippen LogP contribution < -0.4 is 4.72 Å². The molecule has 0 aliphatic heterocycles. The summed E-state index contributed by atoms with van der Waals surface area (Å²) in [5.74, 6) is -0.723. The number of hydrogen-bond donors (Lipinski definition) is 1. The van der Waals surface area contributed by atoms with Gasteiger partial charge < -0.3 is 0 Å². The molecule has 0 saturated carbocycles. The van der Waals surface area contributed by atoms with Gasteiger partial charge in [0.2, 0.25) is 10.0 Å². The van der Waals surface area contributed by atoms with Crippen LogP contribution in [0.3, 0.4) is 0 Å². The number of nitrogens with one attached hydrogen (secondary N) is 1. The molecule has 0 unspecified atom stereocenters. The zero-order valence-corrected chi connectivity index (χ0v) is 12.7. The second kappa shape index (κ2) is 6.33. The largest absolute Gasteiger partial charge is 0.241 e. The minimum atomic E-state index is -3.77. The van der Waals surface area contributed by atoms with Crippen molar-refractivity contribution < 1.29 is 12.8 Å². The van der Waals surface area contributed by atoms with Gasteiger partial charge in [-0.3, -0.25) is 0 Å². The molecule has 1 N–H and O–H groups in total. The minimum absolute atomic E-state index is 0.0878. The molecule has 0 aliphatic carbocycles. The molecule has 0 amide bonds. The van der Waals surface area contributed by atoms with Crippen molar-refractivity contribution in [3.63, 3.8) is 0 Å². The van der Waals surface area contributed by atoms with Gasteiger partial charge in [-0.15, -0.1) is 0 Å². The normalized spacial score (nSPS) is 12.2. The van der Waals surface area contributed by atoms with Crippen molar-refractivity contribution in [2.45, 2.75) is 50.5 Å². The Morgan fingerprint density at radius 1 is 1.25 bits per heavy atom. The average molecular weight is 298 g/mol. The lowest BCUT2D eigenvalue weighted by atomic mass is 9.91. The van der Waals surface area contributed by atoms with E-state index in [0.717, 1.165) is 12.1 Å². The Bertz CT molecular complexity index is 608. The van der Waals surface area contributed by atoms with E-state index in [1.165, 1.54) is 6.07 Å². The average Bonchev–Trinajstić information content (AvgIpc) is 2.45. The Hall–Kier alpha value is -1.45. The number of sulfonamides is 1. The van der Waals surface area contributed by atoms with Gasteiger partial charge in [-0.1, -0.05) is 20.8 Å². The second-order valence-corrected chi connectivity index (χ2v) is 6.38. The fourth-order valence-corrected chi connectivity index (χ4v) is 3.71.